The Labute approximate surface area is 539 Å². The maximum atomic E-state index is 7.17. The van der Waals surface area contributed by atoms with Crippen LogP contribution in [0.2, 0.25) is 0 Å². The molecule has 0 saturated carbocycles. The lowest BCUT2D eigenvalue weighted by molar-refractivity contribution is 0.669. The third-order valence-corrected chi connectivity index (χ3v) is 19.1. The molecule has 1 aliphatic rings. The molecule has 0 N–H and O–H groups in total. The maximum absolute atomic E-state index is 7.17. The predicted molar refractivity (Wildman–Crippen MR) is 387 cm³/mol. The smallest absolute Gasteiger partial charge is 0.159 e. The third kappa shape index (κ3) is 8.68. The summed E-state index contributed by atoms with van der Waals surface area (Å²) in [6.45, 7) is 0. The summed E-state index contributed by atoms with van der Waals surface area (Å²) < 4.78 is 14.3. The summed E-state index contributed by atoms with van der Waals surface area (Å²) in [6.07, 6.45) is 0. The molecule has 0 unspecified atom stereocenters. The number of benzene rings is 15. The molecular weight excluding hydrogens is 1130 g/mol. The van der Waals surface area contributed by atoms with Crippen LogP contribution in [0, 0.1) is 0 Å². The van der Waals surface area contributed by atoms with Crippen molar-refractivity contribution in [3.8, 4) is 55.6 Å². The van der Waals surface area contributed by atoms with Gasteiger partial charge in [0.2, 0.25) is 0 Å². The van der Waals surface area contributed by atoms with Gasteiger partial charge in [-0.1, -0.05) is 297 Å². The number of hydrogen-bond donors (Lipinski definition) is 0. The summed E-state index contributed by atoms with van der Waals surface area (Å²) in [5.41, 5.74) is 24.2. The number of rotatable bonds is 12. The fourth-order valence-corrected chi connectivity index (χ4v) is 15.0. The number of fused-ring (bicyclic) bond motifs is 11. The van der Waals surface area contributed by atoms with Crippen LogP contribution in [0.3, 0.4) is 0 Å². The minimum atomic E-state index is -0.891. The van der Waals surface area contributed by atoms with E-state index in [2.05, 4.69) is 362 Å². The number of anilines is 6. The summed E-state index contributed by atoms with van der Waals surface area (Å²) in [5.74, 6) is 0. The predicted octanol–water partition coefficient (Wildman–Crippen LogP) is 24.6. The Balaban J connectivity index is 0.967. The van der Waals surface area contributed by atoms with Crippen LogP contribution >= 0.6 is 0 Å². The lowest BCUT2D eigenvalue weighted by atomic mass is 9.67. The molecule has 2 heterocycles. The van der Waals surface area contributed by atoms with Crippen LogP contribution in [0.1, 0.15) is 22.3 Å². The fraction of sp³-hybridized carbons (Fsp3) is 0.0112. The molecule has 0 aliphatic heterocycles. The summed E-state index contributed by atoms with van der Waals surface area (Å²) in [7, 11) is 0. The molecule has 0 radical (unpaired) electrons. The Kier molecular flexibility index (Phi) is 12.8. The standard InChI is InChI=1S/C89H58N2O2/c1-7-27-59(28-8-1)63-49-52-68(61-31-11-3-12-32-61)81(55-63)90(79-45-25-43-74-71-40-21-23-47-84(71)92-87(74)79)67-51-54-76-77(57-67)89(65-35-15-5-16-36-65,66-37-17-6-18-38-66)78-58-83(70-39-19-20-42-73(70)86(76)78)91(80-46-26-44-75-72-41-22-24-48-85(72)93-88(75)80)82-56-64(60-29-9-2-10-30-60)50-53-69(82)62-33-13-4-14-34-62/h1-58H. The summed E-state index contributed by atoms with van der Waals surface area (Å²) in [4.78, 5) is 4.98. The van der Waals surface area contributed by atoms with E-state index in [1.807, 2.05) is 0 Å². The van der Waals surface area contributed by atoms with E-state index in [1.165, 1.54) is 16.7 Å². The van der Waals surface area contributed by atoms with Crippen molar-refractivity contribution in [1.82, 2.24) is 0 Å². The van der Waals surface area contributed by atoms with E-state index in [1.54, 1.807) is 0 Å². The van der Waals surface area contributed by atoms with Crippen molar-refractivity contribution in [1.29, 1.82) is 0 Å². The Hall–Kier alpha value is -12.2. The third-order valence-electron chi connectivity index (χ3n) is 19.1. The first-order chi connectivity index (χ1) is 46.2. The van der Waals surface area contributed by atoms with E-state index < -0.39 is 5.41 Å². The monoisotopic (exact) mass is 1190 g/mol. The van der Waals surface area contributed by atoms with Crippen LogP contribution in [0.25, 0.3) is 110 Å². The summed E-state index contributed by atoms with van der Waals surface area (Å²) >= 11 is 0. The molecule has 4 heteroatoms. The van der Waals surface area contributed by atoms with Crippen molar-refractivity contribution < 1.29 is 8.83 Å². The quantitative estimate of drug-likeness (QED) is 0.122. The molecule has 1 aliphatic carbocycles. The Bertz CT molecular complexity index is 5640. The number of furan rings is 2. The van der Waals surface area contributed by atoms with Crippen LogP contribution in [-0.2, 0) is 5.41 Å². The summed E-state index contributed by atoms with van der Waals surface area (Å²) in [6, 6.07) is 128. The van der Waals surface area contributed by atoms with Gasteiger partial charge in [0.25, 0.3) is 0 Å². The van der Waals surface area contributed by atoms with E-state index in [9.17, 15) is 0 Å². The normalized spacial score (nSPS) is 12.4. The Morgan fingerprint density at radius 3 is 1.13 bits per heavy atom. The van der Waals surface area contributed by atoms with Crippen molar-refractivity contribution in [3.05, 3.63) is 374 Å². The Morgan fingerprint density at radius 1 is 0.226 bits per heavy atom. The van der Waals surface area contributed by atoms with Gasteiger partial charge in [0.15, 0.2) is 11.2 Å². The van der Waals surface area contributed by atoms with Gasteiger partial charge in [-0.3, -0.25) is 0 Å². The zero-order chi connectivity index (χ0) is 61.4. The molecule has 2 aromatic heterocycles. The average Bonchev–Trinajstić information content (AvgIpc) is 1.53. The second-order valence-electron chi connectivity index (χ2n) is 24.2. The zero-order valence-electron chi connectivity index (χ0n) is 50.7. The van der Waals surface area contributed by atoms with Gasteiger partial charge in [-0.05, 0) is 127 Å². The first kappa shape index (κ1) is 53.8. The SMILES string of the molecule is c1ccc(-c2ccc(-c3ccccc3)c(N(c3ccc4c(c3)C(c3ccccc3)(c3ccccc3)c3cc(N(c5cc(-c6ccccc6)ccc5-c5ccccc5)c5cccc6c5oc5ccccc56)c5ccccc5c3-4)c3cccc4c3oc3ccccc34)c2)cc1. The molecule has 0 spiro atoms. The molecule has 0 amide bonds. The van der Waals surface area contributed by atoms with E-state index in [0.29, 0.717) is 0 Å². The molecule has 4 nitrogen and oxygen atoms in total. The average molecular weight is 1190 g/mol. The van der Waals surface area contributed by atoms with Crippen LogP contribution in [0.4, 0.5) is 34.1 Å². The second-order valence-corrected chi connectivity index (χ2v) is 24.2. The number of para-hydroxylation sites is 4. The van der Waals surface area contributed by atoms with Crippen molar-refractivity contribution in [2.45, 2.75) is 5.41 Å². The van der Waals surface area contributed by atoms with Gasteiger partial charge in [-0.25, -0.2) is 0 Å². The van der Waals surface area contributed by atoms with E-state index in [0.717, 1.165) is 150 Å². The first-order valence-electron chi connectivity index (χ1n) is 31.9. The minimum absolute atomic E-state index is 0.809. The van der Waals surface area contributed by atoms with Crippen molar-refractivity contribution in [2.24, 2.45) is 0 Å². The minimum Gasteiger partial charge on any atom is -0.454 e. The van der Waals surface area contributed by atoms with Crippen LogP contribution < -0.4 is 9.80 Å². The number of hydrogen-bond acceptors (Lipinski definition) is 4. The molecular formula is C89H58N2O2. The zero-order valence-corrected chi connectivity index (χ0v) is 50.7. The molecule has 0 bridgehead atoms. The van der Waals surface area contributed by atoms with E-state index >= 15 is 0 Å². The van der Waals surface area contributed by atoms with Gasteiger partial charge in [-0.15, -0.1) is 0 Å². The highest BCUT2D eigenvalue weighted by Gasteiger charge is 2.48. The van der Waals surface area contributed by atoms with E-state index in [4.69, 9.17) is 8.83 Å². The van der Waals surface area contributed by atoms with Crippen molar-refractivity contribution >= 4 is 88.8 Å². The highest BCUT2D eigenvalue weighted by molar-refractivity contribution is 6.16. The van der Waals surface area contributed by atoms with Gasteiger partial charge >= 0.3 is 0 Å². The molecule has 0 saturated heterocycles. The second kappa shape index (κ2) is 22.1. The van der Waals surface area contributed by atoms with Crippen molar-refractivity contribution in [2.75, 3.05) is 9.80 Å². The number of nitrogens with zero attached hydrogens (tertiary/aromatic N) is 2. The van der Waals surface area contributed by atoms with Crippen LogP contribution in [-0.4, -0.2) is 0 Å². The maximum Gasteiger partial charge on any atom is 0.159 e. The highest BCUT2D eigenvalue weighted by Crippen LogP contribution is 2.62. The van der Waals surface area contributed by atoms with Gasteiger partial charge in [0, 0.05) is 43.7 Å². The van der Waals surface area contributed by atoms with Crippen LogP contribution in [0.5, 0.6) is 0 Å². The molecule has 0 atom stereocenters. The summed E-state index contributed by atoms with van der Waals surface area (Å²) in [5, 5.41) is 6.49. The van der Waals surface area contributed by atoms with Crippen LogP contribution in [0.15, 0.2) is 361 Å². The van der Waals surface area contributed by atoms with Gasteiger partial charge in [-0.2, -0.15) is 0 Å². The van der Waals surface area contributed by atoms with Gasteiger partial charge in [0.1, 0.15) is 11.2 Å². The van der Waals surface area contributed by atoms with E-state index in [-0.39, 0.29) is 0 Å². The van der Waals surface area contributed by atoms with Gasteiger partial charge in [0.05, 0.1) is 33.9 Å². The molecule has 93 heavy (non-hydrogen) atoms. The lowest BCUT2D eigenvalue weighted by Gasteiger charge is -2.36. The Morgan fingerprint density at radius 2 is 0.624 bits per heavy atom. The fourth-order valence-electron chi connectivity index (χ4n) is 15.0. The highest BCUT2D eigenvalue weighted by atomic mass is 16.3. The largest absolute Gasteiger partial charge is 0.454 e. The van der Waals surface area contributed by atoms with Crippen molar-refractivity contribution in [3.63, 3.8) is 0 Å². The topological polar surface area (TPSA) is 32.8 Å². The molecule has 18 rings (SSSR count). The first-order valence-corrected chi connectivity index (χ1v) is 31.9. The molecule has 436 valence electrons. The molecule has 15 aromatic carbocycles. The van der Waals surface area contributed by atoms with Gasteiger partial charge < -0.3 is 18.6 Å². The molecule has 17 aromatic rings. The molecule has 0 fully saturated rings. The lowest BCUT2D eigenvalue weighted by Crippen LogP contribution is -2.29.